The van der Waals surface area contributed by atoms with Crippen molar-refractivity contribution < 1.29 is 23.0 Å². The highest BCUT2D eigenvalue weighted by Crippen LogP contribution is 2.31. The van der Waals surface area contributed by atoms with Gasteiger partial charge in [0.15, 0.2) is 5.65 Å². The van der Waals surface area contributed by atoms with Crippen molar-refractivity contribution >= 4 is 17.1 Å². The second kappa shape index (κ2) is 8.81. The molecule has 2 heterocycles. The number of rotatable bonds is 6. The van der Waals surface area contributed by atoms with E-state index in [9.17, 15) is 23.1 Å². The fraction of sp³-hybridized carbons (Fsp3) is 0.174. The van der Waals surface area contributed by atoms with Crippen LogP contribution in [0.3, 0.4) is 0 Å². The van der Waals surface area contributed by atoms with Crippen molar-refractivity contribution in [1.29, 1.82) is 0 Å². The summed E-state index contributed by atoms with van der Waals surface area (Å²) in [5.74, 6) is 0. The minimum absolute atomic E-state index is 0.0892. The molecule has 0 radical (unpaired) electrons. The van der Waals surface area contributed by atoms with Crippen LogP contribution in [0.15, 0.2) is 65.7 Å². The number of aromatic hydroxyl groups is 1. The number of benzene rings is 2. The highest BCUT2D eigenvalue weighted by atomic mass is 19.4. The summed E-state index contributed by atoms with van der Waals surface area (Å²) in [4.78, 5) is 18.7. The normalized spacial score (nSPS) is 13.0. The van der Waals surface area contributed by atoms with Gasteiger partial charge in [-0.2, -0.15) is 23.3 Å². The predicted octanol–water partition coefficient (Wildman–Crippen LogP) is 4.64. The Balaban J connectivity index is 1.67. The van der Waals surface area contributed by atoms with Gasteiger partial charge in [-0.15, -0.1) is 0 Å². The first kappa shape index (κ1) is 22.1. The molecular weight excluding hydrogens is 437 g/mol. The molecule has 4 rings (SSSR count). The number of halogens is 3. The molecule has 33 heavy (non-hydrogen) atoms. The van der Waals surface area contributed by atoms with Gasteiger partial charge >= 0.3 is 6.18 Å². The molecule has 0 saturated heterocycles. The van der Waals surface area contributed by atoms with Gasteiger partial charge in [-0.25, -0.2) is 4.68 Å². The molecule has 1 atom stereocenters. The molecule has 0 aliphatic carbocycles. The SMILES string of the molecule is C[C@@H](c1ccc(C(F)(F)F)cc1)n1nc(/C=C/OCc2ccccc2)c2c(=O)[nH]c(O)nc21. The third kappa shape index (κ3) is 4.74. The van der Waals surface area contributed by atoms with Crippen molar-refractivity contribution in [2.24, 2.45) is 0 Å². The summed E-state index contributed by atoms with van der Waals surface area (Å²) in [6, 6.07) is 12.9. The summed E-state index contributed by atoms with van der Waals surface area (Å²) < 4.78 is 45.6. The van der Waals surface area contributed by atoms with Crippen molar-refractivity contribution in [3.8, 4) is 6.01 Å². The third-order valence-electron chi connectivity index (χ3n) is 5.08. The van der Waals surface area contributed by atoms with Crippen LogP contribution >= 0.6 is 0 Å². The fourth-order valence-electron chi connectivity index (χ4n) is 3.37. The number of nitrogens with one attached hydrogen (secondary N) is 1. The Bertz CT molecular complexity index is 1340. The summed E-state index contributed by atoms with van der Waals surface area (Å²) in [6.07, 6.45) is -1.55. The Morgan fingerprint density at radius 1 is 1.15 bits per heavy atom. The second-order valence-corrected chi connectivity index (χ2v) is 7.31. The predicted molar refractivity (Wildman–Crippen MR) is 115 cm³/mol. The molecule has 7 nitrogen and oxygen atoms in total. The van der Waals surface area contributed by atoms with Crippen molar-refractivity contribution in [2.75, 3.05) is 0 Å². The molecule has 10 heteroatoms. The lowest BCUT2D eigenvalue weighted by Crippen LogP contribution is -2.12. The van der Waals surface area contributed by atoms with Crippen LogP contribution in [0.5, 0.6) is 6.01 Å². The first-order valence-electron chi connectivity index (χ1n) is 9.95. The van der Waals surface area contributed by atoms with E-state index >= 15 is 0 Å². The molecule has 0 aliphatic heterocycles. The standard InChI is InChI=1S/C23H19F3N4O3/c1-14(16-7-9-17(10-8-16)23(24,25)26)30-20-19(21(31)28-22(32)27-20)18(29-30)11-12-33-13-15-5-3-2-4-6-15/h2-12,14H,13H2,1H3,(H2,27,28,31,32)/b12-11+/t14-/m0/s1. The zero-order valence-corrected chi connectivity index (χ0v) is 17.4. The topological polar surface area (TPSA) is 93.0 Å². The summed E-state index contributed by atoms with van der Waals surface area (Å²) in [5.41, 5.74) is 0.431. The van der Waals surface area contributed by atoms with E-state index in [4.69, 9.17) is 4.74 Å². The van der Waals surface area contributed by atoms with Crippen LogP contribution in [-0.4, -0.2) is 24.9 Å². The first-order chi connectivity index (χ1) is 15.7. The zero-order chi connectivity index (χ0) is 23.6. The Morgan fingerprint density at radius 3 is 2.52 bits per heavy atom. The van der Waals surface area contributed by atoms with Crippen LogP contribution in [0.1, 0.15) is 35.3 Å². The average Bonchev–Trinajstić information content (AvgIpc) is 3.15. The van der Waals surface area contributed by atoms with Crippen molar-refractivity contribution in [1.82, 2.24) is 19.7 Å². The van der Waals surface area contributed by atoms with Gasteiger partial charge in [-0.3, -0.25) is 9.78 Å². The first-order valence-corrected chi connectivity index (χ1v) is 9.95. The van der Waals surface area contributed by atoms with E-state index in [-0.39, 0.29) is 16.7 Å². The third-order valence-corrected chi connectivity index (χ3v) is 5.08. The Kier molecular flexibility index (Phi) is 5.91. The molecule has 0 unspecified atom stereocenters. The molecule has 2 aromatic heterocycles. The highest BCUT2D eigenvalue weighted by Gasteiger charge is 2.30. The Hall–Kier alpha value is -4.08. The number of hydrogen-bond acceptors (Lipinski definition) is 5. The summed E-state index contributed by atoms with van der Waals surface area (Å²) >= 11 is 0. The molecular formula is C23H19F3N4O3. The van der Waals surface area contributed by atoms with Crippen molar-refractivity contribution in [2.45, 2.75) is 25.7 Å². The Labute approximate surface area is 185 Å². The van der Waals surface area contributed by atoms with Crippen LogP contribution in [-0.2, 0) is 17.5 Å². The van der Waals surface area contributed by atoms with Crippen LogP contribution in [0, 0.1) is 0 Å². The molecule has 0 amide bonds. The molecule has 4 aromatic rings. The largest absolute Gasteiger partial charge is 0.496 e. The van der Waals surface area contributed by atoms with Gasteiger partial charge in [-0.1, -0.05) is 42.5 Å². The number of hydrogen-bond donors (Lipinski definition) is 2. The smallest absolute Gasteiger partial charge is 0.416 e. The van der Waals surface area contributed by atoms with E-state index in [0.717, 1.165) is 17.7 Å². The van der Waals surface area contributed by atoms with Gasteiger partial charge < -0.3 is 9.84 Å². The van der Waals surface area contributed by atoms with Crippen LogP contribution < -0.4 is 5.56 Å². The van der Waals surface area contributed by atoms with E-state index < -0.39 is 29.4 Å². The van der Waals surface area contributed by atoms with E-state index in [2.05, 4.69) is 15.1 Å². The van der Waals surface area contributed by atoms with E-state index in [0.29, 0.717) is 12.2 Å². The molecule has 0 aliphatic rings. The maximum Gasteiger partial charge on any atom is 0.416 e. The van der Waals surface area contributed by atoms with E-state index in [1.165, 1.54) is 29.2 Å². The molecule has 0 spiro atoms. The number of ether oxygens (including phenoxy) is 1. The monoisotopic (exact) mass is 456 g/mol. The van der Waals surface area contributed by atoms with Crippen LogP contribution in [0.2, 0.25) is 0 Å². The van der Waals surface area contributed by atoms with Gasteiger partial charge in [-0.05, 0) is 30.2 Å². The fourth-order valence-corrected chi connectivity index (χ4v) is 3.37. The van der Waals surface area contributed by atoms with Gasteiger partial charge in [0.2, 0.25) is 0 Å². The molecule has 0 saturated carbocycles. The average molecular weight is 456 g/mol. The van der Waals surface area contributed by atoms with Gasteiger partial charge in [0.25, 0.3) is 11.6 Å². The number of alkyl halides is 3. The zero-order valence-electron chi connectivity index (χ0n) is 17.4. The Morgan fingerprint density at radius 2 is 1.85 bits per heavy atom. The lowest BCUT2D eigenvalue weighted by Gasteiger charge is -2.14. The van der Waals surface area contributed by atoms with E-state index in [1.807, 2.05) is 30.3 Å². The molecule has 0 bridgehead atoms. The summed E-state index contributed by atoms with van der Waals surface area (Å²) in [7, 11) is 0. The number of fused-ring (bicyclic) bond motifs is 1. The molecule has 2 N–H and O–H groups in total. The van der Waals surface area contributed by atoms with Crippen molar-refractivity contribution in [3.63, 3.8) is 0 Å². The number of H-pyrrole nitrogens is 1. The maximum absolute atomic E-state index is 12.9. The quantitative estimate of drug-likeness (QED) is 0.413. The number of aromatic nitrogens is 4. The lowest BCUT2D eigenvalue weighted by molar-refractivity contribution is -0.137. The molecule has 170 valence electrons. The van der Waals surface area contributed by atoms with Gasteiger partial charge in [0, 0.05) is 6.08 Å². The molecule has 2 aromatic carbocycles. The lowest BCUT2D eigenvalue weighted by atomic mass is 10.1. The van der Waals surface area contributed by atoms with Crippen molar-refractivity contribution in [3.05, 3.63) is 93.6 Å². The summed E-state index contributed by atoms with van der Waals surface area (Å²) in [6.45, 7) is 2.02. The minimum Gasteiger partial charge on any atom is -0.496 e. The maximum atomic E-state index is 12.9. The number of nitrogens with zero attached hydrogens (tertiary/aromatic N) is 3. The molecule has 0 fully saturated rings. The highest BCUT2D eigenvalue weighted by molar-refractivity contribution is 5.83. The number of aromatic amines is 1. The van der Waals surface area contributed by atoms with E-state index in [1.54, 1.807) is 6.92 Å². The summed E-state index contributed by atoms with van der Waals surface area (Å²) in [5, 5.41) is 14.3. The van der Waals surface area contributed by atoms with Gasteiger partial charge in [0.1, 0.15) is 17.7 Å². The van der Waals surface area contributed by atoms with Gasteiger partial charge in [0.05, 0.1) is 17.9 Å². The second-order valence-electron chi connectivity index (χ2n) is 7.31. The van der Waals surface area contributed by atoms with Crippen LogP contribution in [0.25, 0.3) is 17.1 Å². The minimum atomic E-state index is -4.45. The van der Waals surface area contributed by atoms with Crippen LogP contribution in [0.4, 0.5) is 13.2 Å².